The molecule has 1 saturated carbocycles. The molecule has 4 heteroatoms. The second kappa shape index (κ2) is 6.98. The Balaban J connectivity index is 1.91. The summed E-state index contributed by atoms with van der Waals surface area (Å²) in [6, 6.07) is 6.58. The van der Waals surface area contributed by atoms with Gasteiger partial charge in [0, 0.05) is 38.3 Å². The Kier molecular flexibility index (Phi) is 5.29. The first kappa shape index (κ1) is 13.7. The van der Waals surface area contributed by atoms with E-state index >= 15 is 0 Å². The molecule has 0 aromatic heterocycles. The molecular formula is C14H20ClNO2. The molecule has 0 radical (unpaired) electrons. The summed E-state index contributed by atoms with van der Waals surface area (Å²) in [5, 5.41) is 4.16. The maximum absolute atomic E-state index is 6.19. The van der Waals surface area contributed by atoms with Crippen LogP contribution in [0.5, 0.6) is 5.75 Å². The van der Waals surface area contributed by atoms with Crippen molar-refractivity contribution in [1.29, 1.82) is 0 Å². The summed E-state index contributed by atoms with van der Waals surface area (Å²) in [4.78, 5) is 0. The van der Waals surface area contributed by atoms with Gasteiger partial charge in [-0.15, -0.1) is 0 Å². The van der Waals surface area contributed by atoms with E-state index < -0.39 is 0 Å². The summed E-state index contributed by atoms with van der Waals surface area (Å²) in [6.45, 7) is 2.17. The van der Waals surface area contributed by atoms with Crippen molar-refractivity contribution in [1.82, 2.24) is 5.32 Å². The fraction of sp³-hybridized carbons (Fsp3) is 0.571. The van der Waals surface area contributed by atoms with Crippen molar-refractivity contribution in [2.24, 2.45) is 0 Å². The molecule has 0 saturated heterocycles. The Morgan fingerprint density at radius 3 is 2.89 bits per heavy atom. The number of ether oxygens (including phenoxy) is 2. The van der Waals surface area contributed by atoms with Gasteiger partial charge in [0.05, 0.1) is 11.6 Å². The van der Waals surface area contributed by atoms with Gasteiger partial charge in [-0.2, -0.15) is 0 Å². The van der Waals surface area contributed by atoms with Crippen LogP contribution in [0.15, 0.2) is 18.2 Å². The summed E-state index contributed by atoms with van der Waals surface area (Å²) in [6.07, 6.45) is 3.44. The fourth-order valence-electron chi connectivity index (χ4n) is 1.77. The summed E-state index contributed by atoms with van der Waals surface area (Å²) in [5.41, 5.74) is 1.13. The Morgan fingerprint density at radius 1 is 1.33 bits per heavy atom. The lowest BCUT2D eigenvalue weighted by Gasteiger charge is -2.13. The van der Waals surface area contributed by atoms with Gasteiger partial charge in [0.1, 0.15) is 5.75 Å². The fourth-order valence-corrected chi connectivity index (χ4v) is 2.02. The van der Waals surface area contributed by atoms with Crippen LogP contribution in [0.25, 0.3) is 0 Å². The molecule has 1 N–H and O–H groups in total. The normalized spacial score (nSPS) is 14.8. The Bertz CT molecular complexity index is 380. The topological polar surface area (TPSA) is 30.5 Å². The van der Waals surface area contributed by atoms with E-state index in [2.05, 4.69) is 11.4 Å². The Morgan fingerprint density at radius 2 is 2.17 bits per heavy atom. The van der Waals surface area contributed by atoms with Crippen LogP contribution in [-0.4, -0.2) is 26.4 Å². The Hall–Kier alpha value is -0.770. The highest BCUT2D eigenvalue weighted by Gasteiger charge is 2.21. The minimum Gasteiger partial charge on any atom is -0.492 e. The van der Waals surface area contributed by atoms with E-state index in [1.807, 2.05) is 12.1 Å². The smallest absolute Gasteiger partial charge is 0.142 e. The maximum Gasteiger partial charge on any atom is 0.142 e. The standard InChI is InChI=1S/C14H20ClNO2/c1-17-8-3-9-18-14-11(4-2-5-13(14)15)10-16-12-6-7-12/h2,4-5,12,16H,3,6-10H2,1H3. The number of hydrogen-bond donors (Lipinski definition) is 1. The molecule has 0 heterocycles. The van der Waals surface area contributed by atoms with Crippen molar-refractivity contribution in [2.75, 3.05) is 20.3 Å². The molecule has 2 rings (SSSR count). The van der Waals surface area contributed by atoms with Crippen molar-refractivity contribution < 1.29 is 9.47 Å². The van der Waals surface area contributed by atoms with Crippen LogP contribution in [0, 0.1) is 0 Å². The number of halogens is 1. The Labute approximate surface area is 113 Å². The third-order valence-corrected chi connectivity index (χ3v) is 3.24. The zero-order valence-electron chi connectivity index (χ0n) is 10.7. The summed E-state index contributed by atoms with van der Waals surface area (Å²) in [7, 11) is 1.69. The van der Waals surface area contributed by atoms with Gasteiger partial charge < -0.3 is 14.8 Å². The molecule has 0 bridgehead atoms. The highest BCUT2D eigenvalue weighted by molar-refractivity contribution is 6.32. The van der Waals surface area contributed by atoms with Gasteiger partial charge in [-0.1, -0.05) is 23.7 Å². The van der Waals surface area contributed by atoms with E-state index in [9.17, 15) is 0 Å². The van der Waals surface area contributed by atoms with Gasteiger partial charge >= 0.3 is 0 Å². The van der Waals surface area contributed by atoms with E-state index in [1.165, 1.54) is 12.8 Å². The molecular weight excluding hydrogens is 250 g/mol. The predicted octanol–water partition coefficient (Wildman–Crippen LogP) is 3.01. The molecule has 18 heavy (non-hydrogen) atoms. The molecule has 3 nitrogen and oxygen atoms in total. The van der Waals surface area contributed by atoms with E-state index in [0.717, 1.165) is 24.3 Å². The van der Waals surface area contributed by atoms with Crippen molar-refractivity contribution in [3.63, 3.8) is 0 Å². The molecule has 1 aromatic rings. The van der Waals surface area contributed by atoms with Gasteiger partial charge in [-0.25, -0.2) is 0 Å². The van der Waals surface area contributed by atoms with Crippen LogP contribution >= 0.6 is 11.6 Å². The third-order valence-electron chi connectivity index (χ3n) is 2.95. The lowest BCUT2D eigenvalue weighted by atomic mass is 10.2. The molecule has 0 spiro atoms. The lowest BCUT2D eigenvalue weighted by molar-refractivity contribution is 0.172. The van der Waals surface area contributed by atoms with E-state index in [4.69, 9.17) is 21.1 Å². The minimum atomic E-state index is 0.633. The molecule has 1 aromatic carbocycles. The molecule has 1 fully saturated rings. The average Bonchev–Trinajstić information content (AvgIpc) is 3.18. The van der Waals surface area contributed by atoms with Crippen molar-refractivity contribution in [2.45, 2.75) is 31.8 Å². The summed E-state index contributed by atoms with van der Waals surface area (Å²) < 4.78 is 10.8. The number of benzene rings is 1. The predicted molar refractivity (Wildman–Crippen MR) is 73.3 cm³/mol. The van der Waals surface area contributed by atoms with Crippen LogP contribution in [-0.2, 0) is 11.3 Å². The number of rotatable bonds is 8. The van der Waals surface area contributed by atoms with Crippen molar-refractivity contribution >= 4 is 11.6 Å². The number of methoxy groups -OCH3 is 1. The molecule has 1 aliphatic rings. The first-order valence-corrected chi connectivity index (χ1v) is 6.81. The molecule has 1 aliphatic carbocycles. The van der Waals surface area contributed by atoms with Gasteiger partial charge in [-0.3, -0.25) is 0 Å². The molecule has 0 atom stereocenters. The van der Waals surface area contributed by atoms with E-state index in [0.29, 0.717) is 24.3 Å². The van der Waals surface area contributed by atoms with E-state index in [1.54, 1.807) is 7.11 Å². The zero-order chi connectivity index (χ0) is 12.8. The first-order chi connectivity index (χ1) is 8.81. The van der Waals surface area contributed by atoms with Crippen LogP contribution in [0.3, 0.4) is 0 Å². The molecule has 0 aliphatic heterocycles. The van der Waals surface area contributed by atoms with Crippen LogP contribution in [0.4, 0.5) is 0 Å². The summed E-state index contributed by atoms with van der Waals surface area (Å²) >= 11 is 6.19. The summed E-state index contributed by atoms with van der Waals surface area (Å²) in [5.74, 6) is 0.809. The van der Waals surface area contributed by atoms with Crippen LogP contribution in [0.1, 0.15) is 24.8 Å². The van der Waals surface area contributed by atoms with Crippen molar-refractivity contribution in [3.05, 3.63) is 28.8 Å². The highest BCUT2D eigenvalue weighted by atomic mass is 35.5. The van der Waals surface area contributed by atoms with Gasteiger partial charge in [0.15, 0.2) is 0 Å². The third kappa shape index (κ3) is 4.16. The number of nitrogens with one attached hydrogen (secondary N) is 1. The second-order valence-corrected chi connectivity index (χ2v) is 4.99. The molecule has 0 amide bonds. The molecule has 100 valence electrons. The van der Waals surface area contributed by atoms with Crippen LogP contribution in [0.2, 0.25) is 5.02 Å². The van der Waals surface area contributed by atoms with Gasteiger partial charge in [0.2, 0.25) is 0 Å². The maximum atomic E-state index is 6.19. The van der Waals surface area contributed by atoms with Crippen LogP contribution < -0.4 is 10.1 Å². The number of para-hydroxylation sites is 1. The van der Waals surface area contributed by atoms with Crippen molar-refractivity contribution in [3.8, 4) is 5.75 Å². The number of hydrogen-bond acceptors (Lipinski definition) is 3. The van der Waals surface area contributed by atoms with Gasteiger partial charge in [0.25, 0.3) is 0 Å². The minimum absolute atomic E-state index is 0.633. The monoisotopic (exact) mass is 269 g/mol. The first-order valence-electron chi connectivity index (χ1n) is 6.44. The SMILES string of the molecule is COCCCOc1c(Cl)cccc1CNC1CC1. The van der Waals surface area contributed by atoms with Gasteiger partial charge in [-0.05, 0) is 18.9 Å². The largest absolute Gasteiger partial charge is 0.492 e. The lowest BCUT2D eigenvalue weighted by Crippen LogP contribution is -2.16. The average molecular weight is 270 g/mol. The highest BCUT2D eigenvalue weighted by Crippen LogP contribution is 2.29. The quantitative estimate of drug-likeness (QED) is 0.736. The second-order valence-electron chi connectivity index (χ2n) is 4.58. The van der Waals surface area contributed by atoms with E-state index in [-0.39, 0.29) is 0 Å². The molecule has 0 unspecified atom stereocenters. The zero-order valence-corrected chi connectivity index (χ0v) is 11.5.